The van der Waals surface area contributed by atoms with Crippen LogP contribution in [-0.2, 0) is 24.7 Å². The number of nitrogens with zero attached hydrogens (tertiary/aromatic N) is 2. The number of hydrogen-bond acceptors (Lipinski definition) is 2. The van der Waals surface area contributed by atoms with Gasteiger partial charge in [0.15, 0.2) is 0 Å². The molecule has 2 aromatic rings. The van der Waals surface area contributed by atoms with Crippen molar-refractivity contribution in [1.29, 1.82) is 0 Å². The fraction of sp³-hybridized carbons (Fsp3) is 0.333. The lowest BCUT2D eigenvalue weighted by Gasteiger charge is -2.12. The van der Waals surface area contributed by atoms with Gasteiger partial charge in [-0.05, 0) is 25.0 Å². The zero-order valence-corrected chi connectivity index (χ0v) is 11.2. The lowest BCUT2D eigenvalue weighted by Crippen LogP contribution is -2.20. The number of carboxylic acids is 1. The summed E-state index contributed by atoms with van der Waals surface area (Å²) in [6.07, 6.45) is 1.04. The van der Waals surface area contributed by atoms with Crippen LogP contribution >= 0.6 is 0 Å². The second-order valence-corrected chi connectivity index (χ2v) is 4.83. The Morgan fingerprint density at radius 3 is 2.53 bits per heavy atom. The molecule has 0 fully saturated rings. The third-order valence-electron chi connectivity index (χ3n) is 3.23. The van der Waals surface area contributed by atoms with E-state index in [1.54, 1.807) is 4.68 Å². The Morgan fingerprint density at radius 2 is 2.00 bits per heavy atom. The standard InChI is InChI=1S/C15H18N2O2/c1-11-8-14(17(2)16-11)10-13(15(18)19)9-12-6-4-3-5-7-12/h3-8,13H,9-10H2,1-2H3,(H,18,19). The van der Waals surface area contributed by atoms with Crippen LogP contribution in [0.15, 0.2) is 36.4 Å². The second kappa shape index (κ2) is 5.69. The predicted octanol–water partition coefficient (Wildman–Crippen LogP) is 2.21. The van der Waals surface area contributed by atoms with Crippen LogP contribution < -0.4 is 0 Å². The van der Waals surface area contributed by atoms with Gasteiger partial charge in [0, 0.05) is 19.2 Å². The highest BCUT2D eigenvalue weighted by Gasteiger charge is 2.20. The zero-order chi connectivity index (χ0) is 13.8. The summed E-state index contributed by atoms with van der Waals surface area (Å²) >= 11 is 0. The topological polar surface area (TPSA) is 55.1 Å². The maximum atomic E-state index is 11.4. The molecule has 0 amide bonds. The first kappa shape index (κ1) is 13.3. The average molecular weight is 258 g/mol. The van der Waals surface area contributed by atoms with Crippen molar-refractivity contribution in [2.45, 2.75) is 19.8 Å². The van der Waals surface area contributed by atoms with Gasteiger partial charge in [-0.15, -0.1) is 0 Å². The summed E-state index contributed by atoms with van der Waals surface area (Å²) in [6.45, 7) is 1.91. The van der Waals surface area contributed by atoms with Crippen molar-refractivity contribution in [3.05, 3.63) is 53.3 Å². The number of aromatic nitrogens is 2. The van der Waals surface area contributed by atoms with Crippen molar-refractivity contribution < 1.29 is 9.90 Å². The number of carbonyl (C=O) groups is 1. The Morgan fingerprint density at radius 1 is 1.32 bits per heavy atom. The third kappa shape index (κ3) is 3.44. The molecule has 100 valence electrons. The molecule has 0 saturated heterocycles. The summed E-state index contributed by atoms with van der Waals surface area (Å²) in [5, 5.41) is 13.6. The van der Waals surface area contributed by atoms with Gasteiger partial charge in [-0.3, -0.25) is 9.48 Å². The molecule has 0 aliphatic heterocycles. The summed E-state index contributed by atoms with van der Waals surface area (Å²) in [5.74, 6) is -1.18. The first-order valence-corrected chi connectivity index (χ1v) is 6.32. The van der Waals surface area contributed by atoms with E-state index in [9.17, 15) is 9.90 Å². The van der Waals surface area contributed by atoms with E-state index in [0.29, 0.717) is 12.8 Å². The van der Waals surface area contributed by atoms with Gasteiger partial charge in [0.1, 0.15) is 0 Å². The fourth-order valence-corrected chi connectivity index (χ4v) is 2.25. The van der Waals surface area contributed by atoms with E-state index >= 15 is 0 Å². The van der Waals surface area contributed by atoms with Crippen molar-refractivity contribution in [2.75, 3.05) is 0 Å². The Bertz CT molecular complexity index is 561. The molecule has 0 radical (unpaired) electrons. The minimum absolute atomic E-state index is 0.419. The molecule has 0 bridgehead atoms. The van der Waals surface area contributed by atoms with Gasteiger partial charge < -0.3 is 5.11 Å². The number of aryl methyl sites for hydroxylation is 2. The molecule has 2 rings (SSSR count). The van der Waals surface area contributed by atoms with E-state index in [1.807, 2.05) is 50.4 Å². The first-order valence-electron chi connectivity index (χ1n) is 6.32. The maximum Gasteiger partial charge on any atom is 0.307 e. The number of carboxylic acid groups (broad SMARTS) is 1. The second-order valence-electron chi connectivity index (χ2n) is 4.83. The monoisotopic (exact) mass is 258 g/mol. The van der Waals surface area contributed by atoms with Gasteiger partial charge >= 0.3 is 5.97 Å². The van der Waals surface area contributed by atoms with Gasteiger partial charge in [-0.2, -0.15) is 5.10 Å². The molecule has 1 aromatic heterocycles. The number of aliphatic carboxylic acids is 1. The molecule has 1 atom stereocenters. The van der Waals surface area contributed by atoms with Crippen molar-refractivity contribution in [2.24, 2.45) is 13.0 Å². The van der Waals surface area contributed by atoms with Crippen LogP contribution in [-0.4, -0.2) is 20.9 Å². The molecular weight excluding hydrogens is 240 g/mol. The van der Waals surface area contributed by atoms with E-state index in [0.717, 1.165) is 17.0 Å². The largest absolute Gasteiger partial charge is 0.481 e. The lowest BCUT2D eigenvalue weighted by atomic mass is 9.95. The molecular formula is C15H18N2O2. The van der Waals surface area contributed by atoms with Crippen LogP contribution in [0.2, 0.25) is 0 Å². The SMILES string of the molecule is Cc1cc(CC(Cc2ccccc2)C(=O)O)n(C)n1. The molecule has 1 heterocycles. The summed E-state index contributed by atoms with van der Waals surface area (Å²) < 4.78 is 1.76. The minimum atomic E-state index is -0.761. The Labute approximate surface area is 112 Å². The summed E-state index contributed by atoms with van der Waals surface area (Å²) in [6, 6.07) is 11.7. The number of rotatable bonds is 5. The molecule has 0 aliphatic rings. The Hall–Kier alpha value is -2.10. The van der Waals surface area contributed by atoms with Gasteiger partial charge in [-0.1, -0.05) is 30.3 Å². The molecule has 0 saturated carbocycles. The average Bonchev–Trinajstić information content (AvgIpc) is 2.68. The van der Waals surface area contributed by atoms with Gasteiger partial charge in [0.25, 0.3) is 0 Å². The first-order chi connectivity index (χ1) is 9.06. The van der Waals surface area contributed by atoms with Crippen LogP contribution in [0, 0.1) is 12.8 Å². The Kier molecular flexibility index (Phi) is 4.00. The van der Waals surface area contributed by atoms with Crippen LogP contribution in [0.25, 0.3) is 0 Å². The summed E-state index contributed by atoms with van der Waals surface area (Å²) in [4.78, 5) is 11.4. The van der Waals surface area contributed by atoms with Gasteiger partial charge in [0.2, 0.25) is 0 Å². The molecule has 0 aliphatic carbocycles. The van der Waals surface area contributed by atoms with E-state index in [1.165, 1.54) is 0 Å². The lowest BCUT2D eigenvalue weighted by molar-refractivity contribution is -0.141. The maximum absolute atomic E-state index is 11.4. The van der Waals surface area contributed by atoms with E-state index in [-0.39, 0.29) is 0 Å². The molecule has 1 unspecified atom stereocenters. The molecule has 1 aromatic carbocycles. The van der Waals surface area contributed by atoms with Crippen molar-refractivity contribution in [3.63, 3.8) is 0 Å². The number of benzene rings is 1. The van der Waals surface area contributed by atoms with E-state index in [2.05, 4.69) is 5.10 Å². The fourth-order valence-electron chi connectivity index (χ4n) is 2.25. The van der Waals surface area contributed by atoms with Gasteiger partial charge in [0.05, 0.1) is 11.6 Å². The molecule has 19 heavy (non-hydrogen) atoms. The van der Waals surface area contributed by atoms with Crippen molar-refractivity contribution in [1.82, 2.24) is 9.78 Å². The predicted molar refractivity (Wildman–Crippen MR) is 72.9 cm³/mol. The molecule has 4 heteroatoms. The minimum Gasteiger partial charge on any atom is -0.481 e. The van der Waals surface area contributed by atoms with Crippen LogP contribution in [0.1, 0.15) is 17.0 Å². The Balaban J connectivity index is 2.13. The normalized spacial score (nSPS) is 12.3. The highest BCUT2D eigenvalue weighted by atomic mass is 16.4. The highest BCUT2D eigenvalue weighted by Crippen LogP contribution is 2.15. The third-order valence-corrected chi connectivity index (χ3v) is 3.23. The smallest absolute Gasteiger partial charge is 0.307 e. The zero-order valence-electron chi connectivity index (χ0n) is 11.2. The van der Waals surface area contributed by atoms with E-state index < -0.39 is 11.9 Å². The molecule has 4 nitrogen and oxygen atoms in total. The number of hydrogen-bond donors (Lipinski definition) is 1. The summed E-state index contributed by atoms with van der Waals surface area (Å²) in [5.41, 5.74) is 2.93. The summed E-state index contributed by atoms with van der Waals surface area (Å²) in [7, 11) is 1.85. The van der Waals surface area contributed by atoms with Crippen LogP contribution in [0.3, 0.4) is 0 Å². The van der Waals surface area contributed by atoms with Gasteiger partial charge in [-0.25, -0.2) is 0 Å². The molecule has 0 spiro atoms. The van der Waals surface area contributed by atoms with Crippen LogP contribution in [0.5, 0.6) is 0 Å². The quantitative estimate of drug-likeness (QED) is 0.894. The molecule has 1 N–H and O–H groups in total. The van der Waals surface area contributed by atoms with Crippen LogP contribution in [0.4, 0.5) is 0 Å². The van der Waals surface area contributed by atoms with Crippen molar-refractivity contribution in [3.8, 4) is 0 Å². The van der Waals surface area contributed by atoms with Crippen molar-refractivity contribution >= 4 is 5.97 Å². The van der Waals surface area contributed by atoms with E-state index in [4.69, 9.17) is 0 Å². The highest BCUT2D eigenvalue weighted by molar-refractivity contribution is 5.70.